The second-order valence-corrected chi connectivity index (χ2v) is 6.17. The molecule has 0 saturated carbocycles. The van der Waals surface area contributed by atoms with Gasteiger partial charge in [-0.2, -0.15) is 0 Å². The molecule has 0 bridgehead atoms. The molecule has 2 aromatic carbocycles. The second-order valence-electron chi connectivity index (χ2n) is 6.17. The van der Waals surface area contributed by atoms with E-state index in [1.54, 1.807) is 4.90 Å². The van der Waals surface area contributed by atoms with Crippen molar-refractivity contribution >= 4 is 5.91 Å². The summed E-state index contributed by atoms with van der Waals surface area (Å²) in [4.78, 5) is 14.3. The predicted octanol–water partition coefficient (Wildman–Crippen LogP) is 3.88. The zero-order chi connectivity index (χ0) is 17.3. The van der Waals surface area contributed by atoms with Crippen LogP contribution in [0.4, 0.5) is 8.78 Å². The van der Waals surface area contributed by atoms with Gasteiger partial charge in [0, 0.05) is 5.56 Å². The number of amides is 1. The maximum Gasteiger partial charge on any atom is 0.254 e. The summed E-state index contributed by atoms with van der Waals surface area (Å²) < 4.78 is 32.3. The first-order chi connectivity index (χ1) is 11.5. The van der Waals surface area contributed by atoms with Gasteiger partial charge < -0.3 is 9.64 Å². The number of nitrogens with zero attached hydrogens (tertiary/aromatic N) is 1. The van der Waals surface area contributed by atoms with Gasteiger partial charge >= 0.3 is 0 Å². The minimum Gasteiger partial charge on any atom is -0.370 e. The average Bonchev–Trinajstić information content (AvgIpc) is 2.58. The summed E-state index contributed by atoms with van der Waals surface area (Å²) in [5, 5.41) is 0. The maximum atomic E-state index is 13.4. The fourth-order valence-corrected chi connectivity index (χ4v) is 2.82. The van der Waals surface area contributed by atoms with Crippen LogP contribution in [-0.4, -0.2) is 30.0 Å². The van der Waals surface area contributed by atoms with E-state index in [0.29, 0.717) is 13.2 Å². The lowest BCUT2D eigenvalue weighted by Crippen LogP contribution is -2.48. The van der Waals surface area contributed by atoms with Crippen LogP contribution in [-0.2, 0) is 4.74 Å². The smallest absolute Gasteiger partial charge is 0.254 e. The number of hydrogen-bond donors (Lipinski definition) is 0. The van der Waals surface area contributed by atoms with Gasteiger partial charge in [-0.15, -0.1) is 0 Å². The molecule has 5 heteroatoms. The lowest BCUT2D eigenvalue weighted by atomic mass is 10.0. The fourth-order valence-electron chi connectivity index (χ4n) is 2.82. The van der Waals surface area contributed by atoms with E-state index in [-0.39, 0.29) is 23.6 Å². The van der Waals surface area contributed by atoms with E-state index in [1.807, 2.05) is 38.1 Å². The Morgan fingerprint density at radius 1 is 1.12 bits per heavy atom. The number of aryl methyl sites for hydroxylation is 1. The fraction of sp³-hybridized carbons (Fsp3) is 0.316. The third-order valence-corrected chi connectivity index (χ3v) is 4.31. The zero-order valence-electron chi connectivity index (χ0n) is 13.6. The molecule has 0 spiro atoms. The Morgan fingerprint density at radius 3 is 2.50 bits per heavy atom. The average molecular weight is 331 g/mol. The van der Waals surface area contributed by atoms with Crippen molar-refractivity contribution in [1.29, 1.82) is 0 Å². The second kappa shape index (κ2) is 6.69. The molecule has 3 rings (SSSR count). The van der Waals surface area contributed by atoms with Crippen molar-refractivity contribution in [2.75, 3.05) is 13.2 Å². The number of rotatable bonds is 2. The van der Waals surface area contributed by atoms with Gasteiger partial charge in [-0.05, 0) is 37.6 Å². The van der Waals surface area contributed by atoms with E-state index >= 15 is 0 Å². The third kappa shape index (κ3) is 3.31. The van der Waals surface area contributed by atoms with Crippen molar-refractivity contribution in [3.63, 3.8) is 0 Å². The van der Waals surface area contributed by atoms with Crippen molar-refractivity contribution < 1.29 is 18.3 Å². The number of morpholine rings is 1. The number of halogens is 2. The normalized spacial score (nSPS) is 20.9. The predicted molar refractivity (Wildman–Crippen MR) is 86.7 cm³/mol. The molecule has 1 fully saturated rings. The Hall–Kier alpha value is -2.27. The van der Waals surface area contributed by atoms with E-state index in [2.05, 4.69) is 0 Å². The molecule has 0 radical (unpaired) electrons. The van der Waals surface area contributed by atoms with Crippen LogP contribution in [0.3, 0.4) is 0 Å². The van der Waals surface area contributed by atoms with Gasteiger partial charge in [-0.1, -0.05) is 29.8 Å². The molecule has 24 heavy (non-hydrogen) atoms. The van der Waals surface area contributed by atoms with Crippen LogP contribution in [0.2, 0.25) is 0 Å². The summed E-state index contributed by atoms with van der Waals surface area (Å²) in [6, 6.07) is 11.1. The highest BCUT2D eigenvalue weighted by Gasteiger charge is 2.31. The molecular formula is C19H19F2NO2. The molecule has 0 aliphatic carbocycles. The van der Waals surface area contributed by atoms with Gasteiger partial charge in [-0.3, -0.25) is 4.79 Å². The maximum absolute atomic E-state index is 13.4. The quantitative estimate of drug-likeness (QED) is 0.836. The van der Waals surface area contributed by atoms with E-state index in [0.717, 1.165) is 23.3 Å². The molecule has 1 amide bonds. The molecule has 2 unspecified atom stereocenters. The number of carbonyl (C=O) groups excluding carboxylic acids is 1. The van der Waals surface area contributed by atoms with Crippen LogP contribution >= 0.6 is 0 Å². The van der Waals surface area contributed by atoms with Crippen molar-refractivity contribution in [2.24, 2.45) is 0 Å². The van der Waals surface area contributed by atoms with Gasteiger partial charge in [0.1, 0.15) is 6.10 Å². The molecule has 1 aliphatic rings. The number of hydrogen-bond acceptors (Lipinski definition) is 2. The molecule has 0 N–H and O–H groups in total. The van der Waals surface area contributed by atoms with E-state index < -0.39 is 11.6 Å². The summed E-state index contributed by atoms with van der Waals surface area (Å²) in [6.07, 6.45) is -0.226. The number of benzene rings is 2. The van der Waals surface area contributed by atoms with E-state index in [4.69, 9.17) is 4.74 Å². The Bertz CT molecular complexity index is 746. The summed E-state index contributed by atoms with van der Waals surface area (Å²) in [5.41, 5.74) is 2.29. The highest BCUT2D eigenvalue weighted by molar-refractivity contribution is 5.94. The van der Waals surface area contributed by atoms with Crippen molar-refractivity contribution in [2.45, 2.75) is 26.0 Å². The first-order valence-corrected chi connectivity index (χ1v) is 7.90. The van der Waals surface area contributed by atoms with Crippen LogP contribution in [0.25, 0.3) is 0 Å². The molecule has 1 saturated heterocycles. The Kier molecular flexibility index (Phi) is 4.62. The summed E-state index contributed by atoms with van der Waals surface area (Å²) in [5.74, 6) is -2.29. The van der Waals surface area contributed by atoms with Gasteiger partial charge in [0.05, 0.1) is 19.2 Å². The largest absolute Gasteiger partial charge is 0.370 e. The Morgan fingerprint density at radius 2 is 1.83 bits per heavy atom. The number of ether oxygens (including phenoxy) is 1. The molecule has 2 atom stereocenters. The van der Waals surface area contributed by atoms with Crippen LogP contribution < -0.4 is 0 Å². The van der Waals surface area contributed by atoms with Gasteiger partial charge in [0.2, 0.25) is 0 Å². The Labute approximate surface area is 139 Å². The van der Waals surface area contributed by atoms with Crippen LogP contribution in [0.5, 0.6) is 0 Å². The van der Waals surface area contributed by atoms with Crippen molar-refractivity contribution in [3.8, 4) is 0 Å². The minimum absolute atomic E-state index is 0.132. The summed E-state index contributed by atoms with van der Waals surface area (Å²) >= 11 is 0. The van der Waals surface area contributed by atoms with Gasteiger partial charge in [0.25, 0.3) is 5.91 Å². The third-order valence-electron chi connectivity index (χ3n) is 4.31. The Balaban J connectivity index is 1.81. The topological polar surface area (TPSA) is 29.5 Å². The van der Waals surface area contributed by atoms with Crippen molar-refractivity contribution in [3.05, 3.63) is 70.8 Å². The highest BCUT2D eigenvalue weighted by atomic mass is 19.2. The minimum atomic E-state index is -1.02. The summed E-state index contributed by atoms with van der Waals surface area (Å²) in [7, 11) is 0. The number of carbonyl (C=O) groups is 1. The SMILES string of the molecule is Cc1ccc(C2CN(C(=O)c3ccc(F)c(F)c3)C(C)CO2)cc1. The first kappa shape index (κ1) is 16.6. The molecule has 2 aromatic rings. The molecule has 126 valence electrons. The standard InChI is InChI=1S/C19H19F2NO2/c1-12-3-5-14(6-4-12)18-10-22(13(2)11-24-18)19(23)15-7-8-16(20)17(21)9-15/h3-9,13,18H,10-11H2,1-2H3. The molecule has 1 aliphatic heterocycles. The first-order valence-electron chi connectivity index (χ1n) is 7.90. The van der Waals surface area contributed by atoms with Crippen LogP contribution in [0.15, 0.2) is 42.5 Å². The monoisotopic (exact) mass is 331 g/mol. The molecular weight excluding hydrogens is 312 g/mol. The zero-order valence-corrected chi connectivity index (χ0v) is 13.6. The highest BCUT2D eigenvalue weighted by Crippen LogP contribution is 2.26. The lowest BCUT2D eigenvalue weighted by Gasteiger charge is -2.38. The summed E-state index contributed by atoms with van der Waals surface area (Å²) in [6.45, 7) is 4.66. The lowest BCUT2D eigenvalue weighted by molar-refractivity contribution is -0.0486. The molecule has 3 nitrogen and oxygen atoms in total. The van der Waals surface area contributed by atoms with E-state index in [1.165, 1.54) is 6.07 Å². The van der Waals surface area contributed by atoms with Gasteiger partial charge in [0.15, 0.2) is 11.6 Å². The van der Waals surface area contributed by atoms with E-state index in [9.17, 15) is 13.6 Å². The van der Waals surface area contributed by atoms with Gasteiger partial charge in [-0.25, -0.2) is 8.78 Å². The van der Waals surface area contributed by atoms with Crippen LogP contribution in [0, 0.1) is 18.6 Å². The van der Waals surface area contributed by atoms with Crippen LogP contribution in [0.1, 0.15) is 34.5 Å². The van der Waals surface area contributed by atoms with Crippen molar-refractivity contribution in [1.82, 2.24) is 4.90 Å². The molecule has 0 aromatic heterocycles. The molecule has 1 heterocycles.